The zero-order valence-corrected chi connectivity index (χ0v) is 10.9. The average Bonchev–Trinajstić information content (AvgIpc) is 2.21. The quantitative estimate of drug-likeness (QED) is 0.621. The van der Waals surface area contributed by atoms with E-state index in [-0.39, 0.29) is 17.2 Å². The molecule has 0 aromatic heterocycles. The lowest BCUT2D eigenvalue weighted by Gasteiger charge is -2.15. The normalized spacial score (nSPS) is 13.6. The summed E-state index contributed by atoms with van der Waals surface area (Å²) in [5, 5.41) is 0.0117. The highest BCUT2D eigenvalue weighted by Gasteiger charge is 2.17. The van der Waals surface area contributed by atoms with Crippen molar-refractivity contribution in [3.63, 3.8) is 0 Å². The molecular weight excluding hydrogens is 267 g/mol. The van der Waals surface area contributed by atoms with E-state index in [0.717, 1.165) is 6.26 Å². The van der Waals surface area contributed by atoms with Crippen LogP contribution in [0.3, 0.4) is 0 Å². The molecular formula is C10H14ClFN2O2S. The van der Waals surface area contributed by atoms with Gasteiger partial charge in [-0.2, -0.15) is 0 Å². The Morgan fingerprint density at radius 2 is 2.18 bits per heavy atom. The Morgan fingerprint density at radius 3 is 2.71 bits per heavy atom. The molecule has 1 aromatic carbocycles. The minimum Gasteiger partial charge on any atom is -0.271 e. The van der Waals surface area contributed by atoms with E-state index >= 15 is 0 Å². The molecule has 0 saturated heterocycles. The van der Waals surface area contributed by atoms with Crippen LogP contribution < -0.4 is 11.3 Å². The van der Waals surface area contributed by atoms with Gasteiger partial charge in [-0.05, 0) is 18.1 Å². The third kappa shape index (κ3) is 4.59. The topological polar surface area (TPSA) is 72.2 Å². The molecule has 1 rings (SSSR count). The molecule has 0 bridgehead atoms. The van der Waals surface area contributed by atoms with Gasteiger partial charge in [-0.15, -0.1) is 0 Å². The fourth-order valence-electron chi connectivity index (χ4n) is 1.50. The van der Waals surface area contributed by atoms with Gasteiger partial charge in [0.15, 0.2) is 0 Å². The first-order valence-corrected chi connectivity index (χ1v) is 7.34. The van der Waals surface area contributed by atoms with Crippen LogP contribution in [0.2, 0.25) is 5.02 Å². The molecule has 1 atom stereocenters. The summed E-state index contributed by atoms with van der Waals surface area (Å²) < 4.78 is 35.8. The molecule has 0 saturated carbocycles. The summed E-state index contributed by atoms with van der Waals surface area (Å²) in [6.07, 6.45) is 1.27. The molecule has 0 radical (unpaired) electrons. The predicted octanol–water partition coefficient (Wildman–Crippen LogP) is 0.898. The summed E-state index contributed by atoms with van der Waals surface area (Å²) in [4.78, 5) is 0. The van der Waals surface area contributed by atoms with Crippen LogP contribution in [-0.4, -0.2) is 26.5 Å². The number of nitrogens with one attached hydrogen (secondary N) is 1. The van der Waals surface area contributed by atoms with Gasteiger partial charge >= 0.3 is 0 Å². The lowest BCUT2D eigenvalue weighted by molar-refractivity contribution is 0.529. The molecule has 0 aliphatic heterocycles. The lowest BCUT2D eigenvalue weighted by Crippen LogP contribution is -2.41. The highest BCUT2D eigenvalue weighted by atomic mass is 35.5. The minimum absolute atomic E-state index is 0.0117. The van der Waals surface area contributed by atoms with Crippen molar-refractivity contribution in [3.8, 4) is 0 Å². The van der Waals surface area contributed by atoms with E-state index in [1.54, 1.807) is 12.1 Å². The van der Waals surface area contributed by atoms with E-state index in [1.165, 1.54) is 6.07 Å². The van der Waals surface area contributed by atoms with E-state index in [1.807, 2.05) is 0 Å². The van der Waals surface area contributed by atoms with Crippen LogP contribution in [0.15, 0.2) is 18.2 Å². The Bertz CT molecular complexity index is 493. The maximum atomic E-state index is 13.6. The SMILES string of the molecule is CS(=O)(=O)CC(Cc1cccc(Cl)c1F)NN. The summed E-state index contributed by atoms with van der Waals surface area (Å²) in [6.45, 7) is 0. The number of hydrogen-bond donors (Lipinski definition) is 2. The highest BCUT2D eigenvalue weighted by molar-refractivity contribution is 7.90. The van der Waals surface area contributed by atoms with Gasteiger partial charge in [0.25, 0.3) is 0 Å². The van der Waals surface area contributed by atoms with E-state index in [0.29, 0.717) is 5.56 Å². The van der Waals surface area contributed by atoms with Crippen molar-refractivity contribution < 1.29 is 12.8 Å². The summed E-state index contributed by atoms with van der Waals surface area (Å²) in [6, 6.07) is 4.04. The van der Waals surface area contributed by atoms with Gasteiger partial charge in [-0.1, -0.05) is 23.7 Å². The minimum atomic E-state index is -3.18. The first-order chi connectivity index (χ1) is 7.83. The standard InChI is InChI=1S/C10H14ClFN2O2S/c1-17(15,16)6-8(14-13)5-7-3-2-4-9(11)10(7)12/h2-4,8,14H,5-6,13H2,1H3. The Morgan fingerprint density at radius 1 is 1.53 bits per heavy atom. The van der Waals surface area contributed by atoms with Crippen LogP contribution >= 0.6 is 11.6 Å². The van der Waals surface area contributed by atoms with Crippen molar-refractivity contribution in [3.05, 3.63) is 34.6 Å². The van der Waals surface area contributed by atoms with Crippen molar-refractivity contribution >= 4 is 21.4 Å². The van der Waals surface area contributed by atoms with Gasteiger partial charge in [-0.25, -0.2) is 12.8 Å². The predicted molar refractivity (Wildman–Crippen MR) is 65.9 cm³/mol. The Balaban J connectivity index is 2.85. The molecule has 3 N–H and O–H groups in total. The van der Waals surface area contributed by atoms with Gasteiger partial charge in [0.05, 0.1) is 10.8 Å². The first-order valence-electron chi connectivity index (χ1n) is 4.90. The Hall–Kier alpha value is -0.690. The molecule has 0 heterocycles. The molecule has 4 nitrogen and oxygen atoms in total. The van der Waals surface area contributed by atoms with Crippen molar-refractivity contribution in [2.45, 2.75) is 12.5 Å². The van der Waals surface area contributed by atoms with Crippen LogP contribution in [0.4, 0.5) is 4.39 Å². The molecule has 96 valence electrons. The summed E-state index contributed by atoms with van der Waals surface area (Å²) >= 11 is 5.63. The third-order valence-electron chi connectivity index (χ3n) is 2.24. The summed E-state index contributed by atoms with van der Waals surface area (Å²) in [5.41, 5.74) is 2.70. The van der Waals surface area contributed by atoms with Crippen LogP contribution in [-0.2, 0) is 16.3 Å². The number of rotatable bonds is 5. The first kappa shape index (κ1) is 14.4. The fourth-order valence-corrected chi connectivity index (χ4v) is 2.64. The Kier molecular flexibility index (Phi) is 4.88. The van der Waals surface area contributed by atoms with Crippen LogP contribution in [0, 0.1) is 5.82 Å². The molecule has 0 aliphatic rings. The number of hydrogen-bond acceptors (Lipinski definition) is 4. The van der Waals surface area contributed by atoms with Crippen LogP contribution in [0.1, 0.15) is 5.56 Å². The fraction of sp³-hybridized carbons (Fsp3) is 0.400. The second kappa shape index (κ2) is 5.77. The molecule has 1 aromatic rings. The summed E-state index contributed by atoms with van der Waals surface area (Å²) in [5.74, 6) is 4.55. The van der Waals surface area contributed by atoms with E-state index < -0.39 is 21.7 Å². The van der Waals surface area contributed by atoms with Crippen molar-refractivity contribution in [2.75, 3.05) is 12.0 Å². The number of sulfone groups is 1. The average molecular weight is 281 g/mol. The number of nitrogens with two attached hydrogens (primary N) is 1. The van der Waals surface area contributed by atoms with E-state index in [9.17, 15) is 12.8 Å². The smallest absolute Gasteiger partial charge is 0.149 e. The lowest BCUT2D eigenvalue weighted by atomic mass is 10.1. The van der Waals surface area contributed by atoms with E-state index in [2.05, 4.69) is 5.43 Å². The van der Waals surface area contributed by atoms with Gasteiger partial charge in [0.1, 0.15) is 15.7 Å². The highest BCUT2D eigenvalue weighted by Crippen LogP contribution is 2.19. The molecule has 0 spiro atoms. The van der Waals surface area contributed by atoms with Gasteiger partial charge in [0.2, 0.25) is 0 Å². The maximum absolute atomic E-state index is 13.6. The zero-order chi connectivity index (χ0) is 13.1. The monoisotopic (exact) mass is 280 g/mol. The second-order valence-corrected chi connectivity index (χ2v) is 6.47. The summed E-state index contributed by atoms with van der Waals surface area (Å²) in [7, 11) is -3.18. The zero-order valence-electron chi connectivity index (χ0n) is 9.28. The van der Waals surface area contributed by atoms with Crippen molar-refractivity contribution in [1.29, 1.82) is 0 Å². The number of hydrazine groups is 1. The second-order valence-electron chi connectivity index (χ2n) is 3.87. The molecule has 17 heavy (non-hydrogen) atoms. The van der Waals surface area contributed by atoms with Crippen LogP contribution in [0.25, 0.3) is 0 Å². The van der Waals surface area contributed by atoms with E-state index in [4.69, 9.17) is 17.4 Å². The van der Waals surface area contributed by atoms with Gasteiger partial charge in [0, 0.05) is 12.3 Å². The number of halogens is 2. The number of benzene rings is 1. The molecule has 0 amide bonds. The van der Waals surface area contributed by atoms with Gasteiger partial charge in [-0.3, -0.25) is 11.3 Å². The molecule has 7 heteroatoms. The molecule has 0 fully saturated rings. The Labute approximate surface area is 105 Å². The van der Waals surface area contributed by atoms with Gasteiger partial charge < -0.3 is 0 Å². The maximum Gasteiger partial charge on any atom is 0.149 e. The van der Waals surface area contributed by atoms with Crippen molar-refractivity contribution in [1.82, 2.24) is 5.43 Å². The largest absolute Gasteiger partial charge is 0.271 e. The third-order valence-corrected chi connectivity index (χ3v) is 3.54. The molecule has 1 unspecified atom stereocenters. The molecule has 0 aliphatic carbocycles. The van der Waals surface area contributed by atoms with Crippen molar-refractivity contribution in [2.24, 2.45) is 5.84 Å². The van der Waals surface area contributed by atoms with Crippen LogP contribution in [0.5, 0.6) is 0 Å².